The Kier molecular flexibility index (Phi) is 4.11. The summed E-state index contributed by atoms with van der Waals surface area (Å²) in [5.41, 5.74) is 1.21. The fourth-order valence-electron chi connectivity index (χ4n) is 2.03. The predicted octanol–water partition coefficient (Wildman–Crippen LogP) is 4.10. The molecule has 1 heterocycles. The molecular weight excluding hydrogens is 336 g/mol. The minimum atomic E-state index is -3.66. The van der Waals surface area contributed by atoms with E-state index in [1.54, 1.807) is 49.5 Å². The number of benzene rings is 2. The standard InChI is InChI=1S/C16H13ClN2O3S/c1-11-18-10-16(22-11)12-2-8-15(9-3-12)23(20,21)19-14-6-4-13(17)5-7-14/h2-10,19H,1H3. The zero-order valence-electron chi connectivity index (χ0n) is 12.2. The molecule has 0 saturated heterocycles. The van der Waals surface area contributed by atoms with Gasteiger partial charge in [-0.3, -0.25) is 4.72 Å². The van der Waals surface area contributed by atoms with Gasteiger partial charge in [-0.05, 0) is 48.5 Å². The molecule has 0 fully saturated rings. The maximum absolute atomic E-state index is 12.4. The molecule has 3 rings (SSSR count). The van der Waals surface area contributed by atoms with Crippen LogP contribution in [-0.4, -0.2) is 13.4 Å². The quantitative estimate of drug-likeness (QED) is 0.770. The summed E-state index contributed by atoms with van der Waals surface area (Å²) in [5, 5.41) is 0.541. The molecule has 0 atom stereocenters. The van der Waals surface area contributed by atoms with Crippen LogP contribution in [0.2, 0.25) is 5.02 Å². The van der Waals surface area contributed by atoms with E-state index in [1.807, 2.05) is 0 Å². The van der Waals surface area contributed by atoms with Crippen molar-refractivity contribution in [1.29, 1.82) is 0 Å². The van der Waals surface area contributed by atoms with Crippen LogP contribution < -0.4 is 4.72 Å². The molecule has 0 bridgehead atoms. The average Bonchev–Trinajstić information content (AvgIpc) is 2.96. The first-order valence-electron chi connectivity index (χ1n) is 6.75. The Labute approximate surface area is 139 Å². The first-order valence-corrected chi connectivity index (χ1v) is 8.61. The average molecular weight is 349 g/mol. The minimum absolute atomic E-state index is 0.160. The summed E-state index contributed by atoms with van der Waals surface area (Å²) < 4.78 is 32.6. The molecule has 3 aromatic rings. The highest BCUT2D eigenvalue weighted by molar-refractivity contribution is 7.92. The van der Waals surface area contributed by atoms with Crippen LogP contribution in [0.3, 0.4) is 0 Å². The molecule has 118 valence electrons. The molecule has 0 radical (unpaired) electrons. The van der Waals surface area contributed by atoms with Crippen molar-refractivity contribution in [3.05, 3.63) is 65.6 Å². The Bertz CT molecular complexity index is 917. The molecule has 0 spiro atoms. The lowest BCUT2D eigenvalue weighted by Gasteiger charge is -2.08. The van der Waals surface area contributed by atoms with Gasteiger partial charge in [-0.25, -0.2) is 13.4 Å². The van der Waals surface area contributed by atoms with E-state index in [1.165, 1.54) is 12.1 Å². The molecule has 1 N–H and O–H groups in total. The van der Waals surface area contributed by atoms with Gasteiger partial charge in [0.2, 0.25) is 0 Å². The van der Waals surface area contributed by atoms with Crippen molar-refractivity contribution < 1.29 is 12.8 Å². The van der Waals surface area contributed by atoms with Crippen LogP contribution in [0.5, 0.6) is 0 Å². The van der Waals surface area contributed by atoms with Gasteiger partial charge in [0.1, 0.15) is 0 Å². The summed E-state index contributed by atoms with van der Waals surface area (Å²) in [6, 6.07) is 12.8. The highest BCUT2D eigenvalue weighted by atomic mass is 35.5. The molecule has 0 aliphatic heterocycles. The molecule has 5 nitrogen and oxygen atoms in total. The van der Waals surface area contributed by atoms with Crippen LogP contribution in [0.25, 0.3) is 11.3 Å². The number of hydrogen-bond donors (Lipinski definition) is 1. The van der Waals surface area contributed by atoms with Gasteiger partial charge in [0.05, 0.1) is 11.1 Å². The van der Waals surface area contributed by atoms with E-state index in [9.17, 15) is 8.42 Å². The summed E-state index contributed by atoms with van der Waals surface area (Å²) in [4.78, 5) is 4.18. The minimum Gasteiger partial charge on any atom is -0.441 e. The van der Waals surface area contributed by atoms with Crippen LogP contribution in [0.1, 0.15) is 5.89 Å². The lowest BCUT2D eigenvalue weighted by Crippen LogP contribution is -2.12. The number of nitrogens with zero attached hydrogens (tertiary/aromatic N) is 1. The van der Waals surface area contributed by atoms with Crippen LogP contribution in [0.4, 0.5) is 5.69 Å². The summed E-state index contributed by atoms with van der Waals surface area (Å²) in [6.07, 6.45) is 1.60. The topological polar surface area (TPSA) is 72.2 Å². The molecular formula is C16H13ClN2O3S. The number of oxazole rings is 1. The third kappa shape index (κ3) is 3.55. The third-order valence-corrected chi connectivity index (χ3v) is 4.82. The van der Waals surface area contributed by atoms with Crippen molar-refractivity contribution >= 4 is 27.3 Å². The maximum atomic E-state index is 12.4. The Hall–Kier alpha value is -2.31. The molecule has 0 aliphatic rings. The zero-order chi connectivity index (χ0) is 16.4. The van der Waals surface area contributed by atoms with Gasteiger partial charge in [0.15, 0.2) is 11.7 Å². The van der Waals surface area contributed by atoms with Gasteiger partial charge >= 0.3 is 0 Å². The zero-order valence-corrected chi connectivity index (χ0v) is 13.7. The fraction of sp³-hybridized carbons (Fsp3) is 0.0625. The third-order valence-electron chi connectivity index (χ3n) is 3.17. The Morgan fingerprint density at radius 2 is 1.70 bits per heavy atom. The van der Waals surface area contributed by atoms with E-state index in [-0.39, 0.29) is 4.90 Å². The van der Waals surface area contributed by atoms with Gasteiger partial charge in [-0.15, -0.1) is 0 Å². The van der Waals surface area contributed by atoms with Crippen molar-refractivity contribution in [2.45, 2.75) is 11.8 Å². The van der Waals surface area contributed by atoms with Crippen molar-refractivity contribution in [3.8, 4) is 11.3 Å². The number of hydrogen-bond acceptors (Lipinski definition) is 4. The highest BCUT2D eigenvalue weighted by Crippen LogP contribution is 2.23. The molecule has 23 heavy (non-hydrogen) atoms. The second kappa shape index (κ2) is 6.06. The summed E-state index contributed by atoms with van der Waals surface area (Å²) >= 11 is 5.79. The number of aryl methyl sites for hydroxylation is 1. The van der Waals surface area contributed by atoms with Crippen molar-refractivity contribution in [2.75, 3.05) is 4.72 Å². The first-order chi connectivity index (χ1) is 10.9. The van der Waals surface area contributed by atoms with Crippen molar-refractivity contribution in [2.24, 2.45) is 0 Å². The summed E-state index contributed by atoms with van der Waals surface area (Å²) in [7, 11) is -3.66. The predicted molar refractivity (Wildman–Crippen MR) is 88.9 cm³/mol. The lowest BCUT2D eigenvalue weighted by molar-refractivity contribution is 0.534. The van der Waals surface area contributed by atoms with Gasteiger partial charge in [-0.1, -0.05) is 11.6 Å². The molecule has 0 unspecified atom stereocenters. The van der Waals surface area contributed by atoms with E-state index in [0.717, 1.165) is 5.56 Å². The number of sulfonamides is 1. The van der Waals surface area contributed by atoms with Crippen LogP contribution in [0.15, 0.2) is 64.0 Å². The number of nitrogens with one attached hydrogen (secondary N) is 1. The van der Waals surface area contributed by atoms with Crippen molar-refractivity contribution in [3.63, 3.8) is 0 Å². The Balaban J connectivity index is 1.84. The first kappa shape index (κ1) is 15.6. The van der Waals surface area contributed by atoms with Crippen LogP contribution >= 0.6 is 11.6 Å². The maximum Gasteiger partial charge on any atom is 0.261 e. The molecule has 0 aliphatic carbocycles. The number of halogens is 1. The Morgan fingerprint density at radius 1 is 1.04 bits per heavy atom. The second-order valence-corrected chi connectivity index (χ2v) is 7.00. The van der Waals surface area contributed by atoms with E-state index >= 15 is 0 Å². The van der Waals surface area contributed by atoms with E-state index < -0.39 is 10.0 Å². The van der Waals surface area contributed by atoms with Crippen LogP contribution in [-0.2, 0) is 10.0 Å². The molecule has 0 saturated carbocycles. The van der Waals surface area contributed by atoms with Gasteiger partial charge < -0.3 is 4.42 Å². The van der Waals surface area contributed by atoms with E-state index in [0.29, 0.717) is 22.4 Å². The van der Waals surface area contributed by atoms with Gasteiger partial charge in [0.25, 0.3) is 10.0 Å². The second-order valence-electron chi connectivity index (χ2n) is 4.88. The monoisotopic (exact) mass is 348 g/mol. The van der Waals surface area contributed by atoms with E-state index in [2.05, 4.69) is 9.71 Å². The molecule has 1 aromatic heterocycles. The summed E-state index contributed by atoms with van der Waals surface area (Å²) in [5.74, 6) is 1.15. The largest absolute Gasteiger partial charge is 0.441 e. The Morgan fingerprint density at radius 3 is 2.26 bits per heavy atom. The molecule has 0 amide bonds. The van der Waals surface area contributed by atoms with Crippen molar-refractivity contribution in [1.82, 2.24) is 4.98 Å². The van der Waals surface area contributed by atoms with Crippen LogP contribution in [0, 0.1) is 6.92 Å². The lowest BCUT2D eigenvalue weighted by atomic mass is 10.2. The normalized spacial score (nSPS) is 11.4. The molecule has 7 heteroatoms. The summed E-state index contributed by atoms with van der Waals surface area (Å²) in [6.45, 7) is 1.75. The number of aromatic nitrogens is 1. The van der Waals surface area contributed by atoms with Gasteiger partial charge in [0, 0.05) is 23.2 Å². The number of anilines is 1. The SMILES string of the molecule is Cc1ncc(-c2ccc(S(=O)(=O)Nc3ccc(Cl)cc3)cc2)o1. The van der Waals surface area contributed by atoms with Gasteiger partial charge in [-0.2, -0.15) is 0 Å². The smallest absolute Gasteiger partial charge is 0.261 e. The number of rotatable bonds is 4. The van der Waals surface area contributed by atoms with E-state index in [4.69, 9.17) is 16.0 Å². The fourth-order valence-corrected chi connectivity index (χ4v) is 3.21. The molecule has 2 aromatic carbocycles. The highest BCUT2D eigenvalue weighted by Gasteiger charge is 2.14.